The van der Waals surface area contributed by atoms with Gasteiger partial charge in [-0.2, -0.15) is 0 Å². The number of amidine groups is 1. The molecule has 0 aliphatic carbocycles. The average molecular weight is 194 g/mol. The van der Waals surface area contributed by atoms with Crippen LogP contribution >= 0.6 is 0 Å². The Balaban J connectivity index is 4.82. The van der Waals surface area contributed by atoms with E-state index in [9.17, 15) is 0 Å². The van der Waals surface area contributed by atoms with Gasteiger partial charge in [0.2, 0.25) is 0 Å². The number of hydrogen-bond donors (Lipinski definition) is 0. The molecule has 2 nitrogen and oxygen atoms in total. The minimum Gasteiger partial charge on any atom is -0.249 e. The van der Waals surface area contributed by atoms with Crippen molar-refractivity contribution in [2.75, 3.05) is 0 Å². The van der Waals surface area contributed by atoms with Gasteiger partial charge in [0.05, 0.1) is 0 Å². The Kier molecular flexibility index (Phi) is 6.09. The molecular weight excluding hydrogens is 172 g/mol. The fraction of sp³-hybridized carbons (Fsp3) is 0.667. The third kappa shape index (κ3) is 3.86. The third-order valence-electron chi connectivity index (χ3n) is 2.35. The molecule has 0 aromatic heterocycles. The van der Waals surface area contributed by atoms with Crippen molar-refractivity contribution in [2.45, 2.75) is 41.0 Å². The van der Waals surface area contributed by atoms with Crippen molar-refractivity contribution in [3.8, 4) is 0 Å². The lowest BCUT2D eigenvalue weighted by molar-refractivity contribution is 0.714. The second kappa shape index (κ2) is 6.52. The van der Waals surface area contributed by atoms with E-state index in [1.54, 1.807) is 0 Å². The maximum absolute atomic E-state index is 4.53. The Morgan fingerprint density at radius 3 is 2.21 bits per heavy atom. The van der Waals surface area contributed by atoms with Crippen LogP contribution in [0.3, 0.4) is 0 Å². The molecule has 0 saturated heterocycles. The molecule has 0 aromatic carbocycles. The summed E-state index contributed by atoms with van der Waals surface area (Å²) in [5.74, 6) is 1.69. The molecule has 0 radical (unpaired) electrons. The van der Waals surface area contributed by atoms with Crippen molar-refractivity contribution in [3.63, 3.8) is 0 Å². The van der Waals surface area contributed by atoms with E-state index in [1.807, 2.05) is 13.0 Å². The van der Waals surface area contributed by atoms with E-state index < -0.39 is 0 Å². The molecule has 0 N–H and O–H groups in total. The first-order valence-corrected chi connectivity index (χ1v) is 5.28. The first kappa shape index (κ1) is 13.1. The highest BCUT2D eigenvalue weighted by Crippen LogP contribution is 2.14. The largest absolute Gasteiger partial charge is 0.249 e. The molecule has 0 aliphatic heterocycles. The van der Waals surface area contributed by atoms with Crippen LogP contribution in [-0.2, 0) is 0 Å². The number of allylic oxidation sites excluding steroid dienone is 2. The van der Waals surface area contributed by atoms with Gasteiger partial charge in [-0.25, -0.2) is 9.98 Å². The Bertz CT molecular complexity index is 237. The summed E-state index contributed by atoms with van der Waals surface area (Å²) in [5.41, 5.74) is 1.09. The summed E-state index contributed by atoms with van der Waals surface area (Å²) in [4.78, 5) is 8.52. The molecule has 80 valence electrons. The highest BCUT2D eigenvalue weighted by atomic mass is 14.9. The second-order valence-corrected chi connectivity index (χ2v) is 3.81. The molecule has 14 heavy (non-hydrogen) atoms. The average Bonchev–Trinajstić information content (AvgIpc) is 2.18. The van der Waals surface area contributed by atoms with Crippen LogP contribution in [0.2, 0.25) is 0 Å². The molecule has 0 spiro atoms. The lowest BCUT2D eigenvalue weighted by Crippen LogP contribution is -2.08. The molecule has 0 bridgehead atoms. The van der Waals surface area contributed by atoms with Gasteiger partial charge in [-0.15, -0.1) is 0 Å². The van der Waals surface area contributed by atoms with Crippen molar-refractivity contribution in [3.05, 3.63) is 11.8 Å². The quantitative estimate of drug-likeness (QED) is 0.481. The van der Waals surface area contributed by atoms with E-state index >= 15 is 0 Å². The van der Waals surface area contributed by atoms with Crippen LogP contribution < -0.4 is 0 Å². The lowest BCUT2D eigenvalue weighted by atomic mass is 10.1. The Morgan fingerprint density at radius 2 is 1.93 bits per heavy atom. The van der Waals surface area contributed by atoms with Gasteiger partial charge in [0.25, 0.3) is 0 Å². The van der Waals surface area contributed by atoms with Crippen LogP contribution in [0.25, 0.3) is 0 Å². The van der Waals surface area contributed by atoms with Crippen LogP contribution in [0.1, 0.15) is 41.0 Å². The van der Waals surface area contributed by atoms with Crippen LogP contribution in [-0.4, -0.2) is 12.6 Å². The van der Waals surface area contributed by atoms with Crippen LogP contribution in [0, 0.1) is 11.8 Å². The molecule has 0 saturated carbocycles. The van der Waals surface area contributed by atoms with Gasteiger partial charge in [-0.1, -0.05) is 33.8 Å². The van der Waals surface area contributed by atoms with Gasteiger partial charge in [0, 0.05) is 11.6 Å². The molecule has 2 heteroatoms. The van der Waals surface area contributed by atoms with Gasteiger partial charge in [0.1, 0.15) is 5.84 Å². The van der Waals surface area contributed by atoms with Gasteiger partial charge >= 0.3 is 0 Å². The van der Waals surface area contributed by atoms with Gasteiger partial charge < -0.3 is 0 Å². The number of aliphatic imine (C=N–C) groups is 2. The first-order valence-electron chi connectivity index (χ1n) is 5.28. The van der Waals surface area contributed by atoms with E-state index in [4.69, 9.17) is 0 Å². The first-order chi connectivity index (χ1) is 6.56. The second-order valence-electron chi connectivity index (χ2n) is 3.81. The summed E-state index contributed by atoms with van der Waals surface area (Å²) in [5, 5.41) is 0. The highest BCUT2D eigenvalue weighted by molar-refractivity contribution is 5.88. The molecule has 1 unspecified atom stereocenters. The van der Waals surface area contributed by atoms with E-state index in [0.717, 1.165) is 18.0 Å². The summed E-state index contributed by atoms with van der Waals surface area (Å²) in [6.07, 6.45) is 3.09. The zero-order valence-corrected chi connectivity index (χ0v) is 10.0. The monoisotopic (exact) mass is 194 g/mol. The normalized spacial score (nSPS) is 15.9. The molecule has 0 heterocycles. The number of rotatable bonds is 4. The van der Waals surface area contributed by atoms with Crippen LogP contribution in [0.4, 0.5) is 0 Å². The fourth-order valence-corrected chi connectivity index (χ4v) is 1.14. The van der Waals surface area contributed by atoms with Crippen LogP contribution in [0.5, 0.6) is 0 Å². The Hall–Kier alpha value is -0.920. The minimum atomic E-state index is 0.390. The van der Waals surface area contributed by atoms with E-state index in [0.29, 0.717) is 11.8 Å². The molecule has 1 atom stereocenters. The predicted octanol–water partition coefficient (Wildman–Crippen LogP) is 3.69. The summed E-state index contributed by atoms with van der Waals surface area (Å²) >= 11 is 0. The Morgan fingerprint density at radius 1 is 1.36 bits per heavy atom. The number of nitrogens with zero attached hydrogens (tertiary/aromatic N) is 2. The minimum absolute atomic E-state index is 0.390. The van der Waals surface area contributed by atoms with Gasteiger partial charge in [-0.3, -0.25) is 0 Å². The lowest BCUT2D eigenvalue weighted by Gasteiger charge is -2.11. The molecule has 0 aromatic rings. The molecule has 0 amide bonds. The summed E-state index contributed by atoms with van der Waals surface area (Å²) in [6.45, 7) is 14.1. The van der Waals surface area contributed by atoms with Gasteiger partial charge in [0.15, 0.2) is 0 Å². The van der Waals surface area contributed by atoms with E-state index in [2.05, 4.69) is 44.4 Å². The van der Waals surface area contributed by atoms with Crippen molar-refractivity contribution in [1.82, 2.24) is 0 Å². The maximum Gasteiger partial charge on any atom is 0.130 e. The van der Waals surface area contributed by atoms with Crippen LogP contribution in [0.15, 0.2) is 21.8 Å². The number of hydrogen-bond acceptors (Lipinski definition) is 1. The third-order valence-corrected chi connectivity index (χ3v) is 2.35. The summed E-state index contributed by atoms with van der Waals surface area (Å²) in [6, 6.07) is 0. The van der Waals surface area contributed by atoms with E-state index in [-0.39, 0.29) is 0 Å². The predicted molar refractivity (Wildman–Crippen MR) is 65.0 cm³/mol. The van der Waals surface area contributed by atoms with Gasteiger partial charge in [-0.05, 0) is 26.0 Å². The van der Waals surface area contributed by atoms with Crippen molar-refractivity contribution in [2.24, 2.45) is 21.8 Å². The Labute approximate surface area is 87.9 Å². The summed E-state index contributed by atoms with van der Waals surface area (Å²) in [7, 11) is 0. The fourth-order valence-electron chi connectivity index (χ4n) is 1.14. The molecule has 0 aliphatic rings. The summed E-state index contributed by atoms with van der Waals surface area (Å²) < 4.78 is 0. The maximum atomic E-state index is 4.53. The molecule has 0 fully saturated rings. The molecular formula is C12H22N2. The van der Waals surface area contributed by atoms with E-state index in [1.165, 1.54) is 0 Å². The topological polar surface area (TPSA) is 24.7 Å². The zero-order chi connectivity index (χ0) is 11.1. The van der Waals surface area contributed by atoms with Crippen molar-refractivity contribution < 1.29 is 0 Å². The van der Waals surface area contributed by atoms with Crippen molar-refractivity contribution in [1.29, 1.82) is 0 Å². The van der Waals surface area contributed by atoms with Crippen molar-refractivity contribution >= 4 is 12.6 Å². The smallest absolute Gasteiger partial charge is 0.130 e. The zero-order valence-electron chi connectivity index (χ0n) is 10.0. The highest BCUT2D eigenvalue weighted by Gasteiger charge is 2.08. The standard InChI is InChI=1S/C12H22N2/c1-7-10(5)12(13-6)14-11(8-2)9(3)4/h8-10H,6-7H2,1-5H3/b11-8-,14-12-. The SMILES string of the molecule is C=N/C(=N\C(=C/C)C(C)C)C(C)CC. The molecule has 0 rings (SSSR count).